The molecule has 1 amide bonds. The Morgan fingerprint density at radius 3 is 2.67 bits per heavy atom. The van der Waals surface area contributed by atoms with Crippen molar-refractivity contribution in [3.8, 4) is 0 Å². The minimum atomic E-state index is -0.568. The molecule has 0 bridgehead atoms. The largest absolute Gasteiger partial charge is 0.396 e. The molecule has 0 spiro atoms. The lowest BCUT2D eigenvalue weighted by molar-refractivity contribution is -0.117. The SMILES string of the molecule is COCCC(N)C(=O)Nc1ccc(CCO)cc1. The van der Waals surface area contributed by atoms with Crippen LogP contribution in [-0.4, -0.2) is 37.4 Å². The van der Waals surface area contributed by atoms with Gasteiger partial charge >= 0.3 is 0 Å². The number of carbonyl (C=O) groups is 1. The normalized spacial score (nSPS) is 12.2. The molecule has 0 aliphatic heterocycles. The number of nitrogens with one attached hydrogen (secondary N) is 1. The first kappa shape index (κ1) is 14.6. The van der Waals surface area contributed by atoms with Gasteiger partial charge in [0.2, 0.25) is 5.91 Å². The molecular weight excluding hydrogens is 232 g/mol. The molecule has 4 N–H and O–H groups in total. The molecule has 18 heavy (non-hydrogen) atoms. The van der Waals surface area contributed by atoms with Crippen molar-refractivity contribution in [3.63, 3.8) is 0 Å². The maximum Gasteiger partial charge on any atom is 0.241 e. The summed E-state index contributed by atoms with van der Waals surface area (Å²) in [4.78, 5) is 11.7. The zero-order chi connectivity index (χ0) is 13.4. The smallest absolute Gasteiger partial charge is 0.241 e. The van der Waals surface area contributed by atoms with E-state index in [1.807, 2.05) is 12.1 Å². The van der Waals surface area contributed by atoms with Crippen molar-refractivity contribution in [1.29, 1.82) is 0 Å². The van der Waals surface area contributed by atoms with E-state index < -0.39 is 6.04 Å². The van der Waals surface area contributed by atoms with Gasteiger partial charge in [0.25, 0.3) is 0 Å². The molecule has 0 aliphatic rings. The van der Waals surface area contributed by atoms with Crippen molar-refractivity contribution < 1.29 is 14.6 Å². The van der Waals surface area contributed by atoms with Gasteiger partial charge in [-0.15, -0.1) is 0 Å². The molecule has 5 heteroatoms. The highest BCUT2D eigenvalue weighted by Crippen LogP contribution is 2.10. The van der Waals surface area contributed by atoms with Crippen molar-refractivity contribution in [2.75, 3.05) is 25.6 Å². The molecule has 1 rings (SSSR count). The van der Waals surface area contributed by atoms with Crippen LogP contribution in [0.1, 0.15) is 12.0 Å². The summed E-state index contributed by atoms with van der Waals surface area (Å²) in [7, 11) is 1.57. The third-order valence-corrected chi connectivity index (χ3v) is 2.59. The van der Waals surface area contributed by atoms with Gasteiger partial charge in [-0.3, -0.25) is 4.79 Å². The molecule has 0 saturated heterocycles. The molecule has 1 aromatic carbocycles. The van der Waals surface area contributed by atoms with Crippen LogP contribution in [0.5, 0.6) is 0 Å². The van der Waals surface area contributed by atoms with E-state index >= 15 is 0 Å². The maximum absolute atomic E-state index is 11.7. The van der Waals surface area contributed by atoms with Crippen molar-refractivity contribution in [2.24, 2.45) is 5.73 Å². The lowest BCUT2D eigenvalue weighted by Gasteiger charge is -2.12. The lowest BCUT2D eigenvalue weighted by Crippen LogP contribution is -2.36. The number of aliphatic hydroxyl groups excluding tert-OH is 1. The maximum atomic E-state index is 11.7. The van der Waals surface area contributed by atoms with Crippen LogP contribution >= 0.6 is 0 Å². The van der Waals surface area contributed by atoms with E-state index in [0.29, 0.717) is 25.1 Å². The van der Waals surface area contributed by atoms with Gasteiger partial charge in [0.1, 0.15) is 0 Å². The second-order valence-electron chi connectivity index (χ2n) is 4.05. The van der Waals surface area contributed by atoms with Gasteiger partial charge in [0.15, 0.2) is 0 Å². The summed E-state index contributed by atoms with van der Waals surface area (Å²) in [6, 6.07) is 6.76. The fourth-order valence-electron chi connectivity index (χ4n) is 1.49. The molecule has 0 heterocycles. The molecule has 1 atom stereocenters. The van der Waals surface area contributed by atoms with Crippen LogP contribution in [0.2, 0.25) is 0 Å². The predicted octanol–water partition coefficient (Wildman–Crippen LogP) is 0.524. The van der Waals surface area contributed by atoms with E-state index in [0.717, 1.165) is 5.56 Å². The highest BCUT2D eigenvalue weighted by molar-refractivity contribution is 5.94. The number of hydrogen-bond donors (Lipinski definition) is 3. The summed E-state index contributed by atoms with van der Waals surface area (Å²) in [5.41, 5.74) is 7.43. The number of anilines is 1. The highest BCUT2D eigenvalue weighted by Gasteiger charge is 2.12. The van der Waals surface area contributed by atoms with Crippen LogP contribution in [0.4, 0.5) is 5.69 Å². The topological polar surface area (TPSA) is 84.6 Å². The van der Waals surface area contributed by atoms with Crippen LogP contribution in [0.25, 0.3) is 0 Å². The molecule has 1 aromatic rings. The lowest BCUT2D eigenvalue weighted by atomic mass is 10.1. The Bertz CT molecular complexity index is 365. The minimum absolute atomic E-state index is 0.119. The highest BCUT2D eigenvalue weighted by atomic mass is 16.5. The van der Waals surface area contributed by atoms with Gasteiger partial charge in [0, 0.05) is 26.0 Å². The molecule has 5 nitrogen and oxygen atoms in total. The molecule has 0 aromatic heterocycles. The van der Waals surface area contributed by atoms with Crippen LogP contribution in [0.15, 0.2) is 24.3 Å². The van der Waals surface area contributed by atoms with E-state index in [1.54, 1.807) is 19.2 Å². The number of rotatable bonds is 7. The average Bonchev–Trinajstić information content (AvgIpc) is 2.38. The number of nitrogens with two attached hydrogens (primary N) is 1. The summed E-state index contributed by atoms with van der Waals surface area (Å²) in [6.45, 7) is 0.581. The minimum Gasteiger partial charge on any atom is -0.396 e. The first-order valence-corrected chi connectivity index (χ1v) is 5.92. The van der Waals surface area contributed by atoms with Crippen LogP contribution in [0, 0.1) is 0 Å². The number of aliphatic hydroxyl groups is 1. The van der Waals surface area contributed by atoms with Gasteiger partial charge in [-0.1, -0.05) is 12.1 Å². The summed E-state index contributed by atoms with van der Waals surface area (Å²) in [5.74, 6) is -0.220. The quantitative estimate of drug-likeness (QED) is 0.660. The fourth-order valence-corrected chi connectivity index (χ4v) is 1.49. The Kier molecular flexibility index (Phi) is 6.35. The molecule has 100 valence electrons. The first-order chi connectivity index (χ1) is 8.67. The second kappa shape index (κ2) is 7.81. The summed E-state index contributed by atoms with van der Waals surface area (Å²) in [6.07, 6.45) is 1.10. The number of carbonyl (C=O) groups excluding carboxylic acids is 1. The van der Waals surface area contributed by atoms with E-state index in [9.17, 15) is 4.79 Å². The first-order valence-electron chi connectivity index (χ1n) is 5.92. The molecule has 0 radical (unpaired) electrons. The second-order valence-corrected chi connectivity index (χ2v) is 4.05. The van der Waals surface area contributed by atoms with Crippen LogP contribution in [0.3, 0.4) is 0 Å². The monoisotopic (exact) mass is 252 g/mol. The number of ether oxygens (including phenoxy) is 1. The van der Waals surface area contributed by atoms with E-state index in [4.69, 9.17) is 15.6 Å². The Labute approximate surface area is 107 Å². The standard InChI is InChI=1S/C13H20N2O3/c1-18-9-7-12(14)13(17)15-11-4-2-10(3-5-11)6-8-16/h2-5,12,16H,6-9,14H2,1H3,(H,15,17). The molecule has 0 fully saturated rings. The third-order valence-electron chi connectivity index (χ3n) is 2.59. The Morgan fingerprint density at radius 1 is 1.44 bits per heavy atom. The third kappa shape index (κ3) is 4.83. The fraction of sp³-hybridized carbons (Fsp3) is 0.462. The Morgan fingerprint density at radius 2 is 2.11 bits per heavy atom. The van der Waals surface area contributed by atoms with Crippen molar-refractivity contribution in [2.45, 2.75) is 18.9 Å². The molecular formula is C13H20N2O3. The summed E-state index contributed by atoms with van der Waals surface area (Å²) < 4.78 is 4.87. The average molecular weight is 252 g/mol. The molecule has 0 saturated carbocycles. The van der Waals surface area contributed by atoms with E-state index in [-0.39, 0.29) is 12.5 Å². The van der Waals surface area contributed by atoms with Gasteiger partial charge < -0.3 is 20.9 Å². The number of amides is 1. The Hall–Kier alpha value is -1.43. The molecule has 0 aliphatic carbocycles. The van der Waals surface area contributed by atoms with Gasteiger partial charge in [-0.05, 0) is 30.5 Å². The van der Waals surface area contributed by atoms with Gasteiger partial charge in [0.05, 0.1) is 6.04 Å². The van der Waals surface area contributed by atoms with E-state index in [1.165, 1.54) is 0 Å². The van der Waals surface area contributed by atoms with Gasteiger partial charge in [-0.2, -0.15) is 0 Å². The van der Waals surface area contributed by atoms with Crippen molar-refractivity contribution >= 4 is 11.6 Å². The number of hydrogen-bond acceptors (Lipinski definition) is 4. The van der Waals surface area contributed by atoms with Crippen LogP contribution < -0.4 is 11.1 Å². The zero-order valence-corrected chi connectivity index (χ0v) is 10.6. The number of methoxy groups -OCH3 is 1. The summed E-state index contributed by atoms with van der Waals surface area (Å²) in [5, 5.41) is 11.5. The van der Waals surface area contributed by atoms with Gasteiger partial charge in [-0.25, -0.2) is 0 Å². The van der Waals surface area contributed by atoms with Crippen molar-refractivity contribution in [3.05, 3.63) is 29.8 Å². The number of benzene rings is 1. The zero-order valence-electron chi connectivity index (χ0n) is 10.6. The molecule has 1 unspecified atom stereocenters. The van der Waals surface area contributed by atoms with Crippen molar-refractivity contribution in [1.82, 2.24) is 0 Å². The van der Waals surface area contributed by atoms with Crippen LogP contribution in [-0.2, 0) is 16.0 Å². The Balaban J connectivity index is 2.48. The summed E-state index contributed by atoms with van der Waals surface area (Å²) >= 11 is 0. The van der Waals surface area contributed by atoms with E-state index in [2.05, 4.69) is 5.32 Å². The predicted molar refractivity (Wildman–Crippen MR) is 70.3 cm³/mol.